The fourth-order valence-electron chi connectivity index (χ4n) is 2.65. The van der Waals surface area contributed by atoms with Gasteiger partial charge in [0, 0.05) is 23.9 Å². The number of hydrogen-bond donors (Lipinski definition) is 0. The van der Waals surface area contributed by atoms with Crippen molar-refractivity contribution >= 4 is 28.5 Å². The van der Waals surface area contributed by atoms with Crippen molar-refractivity contribution in [2.75, 3.05) is 19.7 Å². The van der Waals surface area contributed by atoms with Gasteiger partial charge in [-0.05, 0) is 18.8 Å². The van der Waals surface area contributed by atoms with Crippen LogP contribution in [0.25, 0.3) is 0 Å². The van der Waals surface area contributed by atoms with Gasteiger partial charge in [0.25, 0.3) is 0 Å². The molecule has 2 atom stereocenters. The molecule has 2 heterocycles. The molecule has 2 fully saturated rings. The van der Waals surface area contributed by atoms with E-state index in [9.17, 15) is 4.79 Å². The van der Waals surface area contributed by atoms with Crippen molar-refractivity contribution in [2.24, 2.45) is 5.92 Å². The molecule has 0 saturated carbocycles. The smallest absolute Gasteiger partial charge is 0.219 e. The van der Waals surface area contributed by atoms with E-state index in [1.807, 2.05) is 4.90 Å². The van der Waals surface area contributed by atoms with Gasteiger partial charge in [0.1, 0.15) is 0 Å². The van der Waals surface area contributed by atoms with Crippen molar-refractivity contribution in [3.05, 3.63) is 0 Å². The monoisotopic (exact) mass is 323 g/mol. The summed E-state index contributed by atoms with van der Waals surface area (Å²) in [4.78, 5) is 13.2. The average Bonchev–Trinajstić information content (AvgIpc) is 2.48. The SMILES string of the molecule is CC(=O)N1CCC2(CC1)OCC(I)C2C. The highest BCUT2D eigenvalue weighted by molar-refractivity contribution is 14.1. The minimum absolute atomic E-state index is 0.0673. The molecular formula is C11H18INO2. The highest BCUT2D eigenvalue weighted by Crippen LogP contribution is 2.43. The Morgan fingerprint density at radius 2 is 2.07 bits per heavy atom. The van der Waals surface area contributed by atoms with Gasteiger partial charge in [-0.1, -0.05) is 29.5 Å². The summed E-state index contributed by atoms with van der Waals surface area (Å²) in [6.07, 6.45) is 2.01. The van der Waals surface area contributed by atoms with Crippen LogP contribution in [0.2, 0.25) is 0 Å². The molecule has 0 aliphatic carbocycles. The molecule has 0 bridgehead atoms. The Kier molecular flexibility index (Phi) is 3.26. The van der Waals surface area contributed by atoms with Crippen LogP contribution in [-0.2, 0) is 9.53 Å². The third-order valence-electron chi connectivity index (χ3n) is 3.96. The van der Waals surface area contributed by atoms with E-state index in [0.29, 0.717) is 9.84 Å². The van der Waals surface area contributed by atoms with Gasteiger partial charge < -0.3 is 9.64 Å². The van der Waals surface area contributed by atoms with Crippen LogP contribution in [-0.4, -0.2) is 40.0 Å². The van der Waals surface area contributed by atoms with E-state index in [1.54, 1.807) is 6.92 Å². The number of likely N-dealkylation sites (tertiary alicyclic amines) is 1. The minimum Gasteiger partial charge on any atom is -0.373 e. The van der Waals surface area contributed by atoms with E-state index in [1.165, 1.54) is 0 Å². The molecule has 1 spiro atoms. The van der Waals surface area contributed by atoms with Crippen molar-refractivity contribution in [1.82, 2.24) is 4.90 Å². The second-order valence-electron chi connectivity index (χ2n) is 4.69. The van der Waals surface area contributed by atoms with Crippen molar-refractivity contribution in [3.63, 3.8) is 0 Å². The third kappa shape index (κ3) is 2.02. The molecule has 3 nitrogen and oxygen atoms in total. The number of rotatable bonds is 0. The zero-order chi connectivity index (χ0) is 11.1. The number of hydrogen-bond acceptors (Lipinski definition) is 2. The molecule has 2 rings (SSSR count). The lowest BCUT2D eigenvalue weighted by atomic mass is 9.81. The van der Waals surface area contributed by atoms with E-state index in [2.05, 4.69) is 29.5 Å². The summed E-state index contributed by atoms with van der Waals surface area (Å²) in [6, 6.07) is 0. The molecule has 0 aromatic carbocycles. The molecule has 2 aliphatic rings. The van der Waals surface area contributed by atoms with Crippen LogP contribution in [0.1, 0.15) is 26.7 Å². The van der Waals surface area contributed by atoms with Crippen LogP contribution in [0, 0.1) is 5.92 Å². The lowest BCUT2D eigenvalue weighted by Gasteiger charge is -2.41. The first-order chi connectivity index (χ1) is 7.05. The Labute approximate surface area is 105 Å². The van der Waals surface area contributed by atoms with Gasteiger partial charge in [-0.25, -0.2) is 0 Å². The molecule has 0 radical (unpaired) electrons. The fraction of sp³-hybridized carbons (Fsp3) is 0.909. The van der Waals surface area contributed by atoms with Crippen LogP contribution >= 0.6 is 22.6 Å². The Bertz CT molecular complexity index is 261. The molecule has 86 valence electrons. The topological polar surface area (TPSA) is 29.5 Å². The van der Waals surface area contributed by atoms with Crippen LogP contribution in [0.15, 0.2) is 0 Å². The van der Waals surface area contributed by atoms with Crippen LogP contribution in [0.4, 0.5) is 0 Å². The summed E-state index contributed by atoms with van der Waals surface area (Å²) >= 11 is 2.48. The van der Waals surface area contributed by atoms with E-state index in [4.69, 9.17) is 4.74 Å². The van der Waals surface area contributed by atoms with Gasteiger partial charge in [0.05, 0.1) is 12.2 Å². The molecule has 2 aliphatic heterocycles. The zero-order valence-corrected chi connectivity index (χ0v) is 11.5. The summed E-state index contributed by atoms with van der Waals surface area (Å²) in [6.45, 7) is 6.54. The van der Waals surface area contributed by atoms with Gasteiger partial charge in [0.2, 0.25) is 5.91 Å². The molecule has 0 N–H and O–H groups in total. The molecule has 4 heteroatoms. The quantitative estimate of drug-likeness (QED) is 0.503. The molecule has 2 saturated heterocycles. The number of ether oxygens (including phenoxy) is 1. The fourth-order valence-corrected chi connectivity index (χ4v) is 3.49. The number of piperidine rings is 1. The number of carbonyl (C=O) groups is 1. The average molecular weight is 323 g/mol. The van der Waals surface area contributed by atoms with E-state index >= 15 is 0 Å². The van der Waals surface area contributed by atoms with E-state index in [-0.39, 0.29) is 11.5 Å². The normalized spacial score (nSPS) is 34.7. The van der Waals surface area contributed by atoms with Gasteiger partial charge in [0.15, 0.2) is 0 Å². The summed E-state index contributed by atoms with van der Waals surface area (Å²) < 4.78 is 6.62. The number of halogens is 1. The predicted molar refractivity (Wildman–Crippen MR) is 67.1 cm³/mol. The maximum absolute atomic E-state index is 11.2. The maximum atomic E-state index is 11.2. The van der Waals surface area contributed by atoms with E-state index in [0.717, 1.165) is 32.5 Å². The summed E-state index contributed by atoms with van der Waals surface area (Å²) in [5.41, 5.74) is 0.0673. The van der Waals surface area contributed by atoms with E-state index < -0.39 is 0 Å². The lowest BCUT2D eigenvalue weighted by molar-refractivity contribution is -0.134. The van der Waals surface area contributed by atoms with Gasteiger partial charge in [-0.3, -0.25) is 4.79 Å². The summed E-state index contributed by atoms with van der Waals surface area (Å²) in [7, 11) is 0. The summed E-state index contributed by atoms with van der Waals surface area (Å²) in [5, 5.41) is 0. The Morgan fingerprint density at radius 3 is 2.47 bits per heavy atom. The van der Waals surface area contributed by atoms with Crippen LogP contribution in [0.3, 0.4) is 0 Å². The first-order valence-electron chi connectivity index (χ1n) is 5.59. The van der Waals surface area contributed by atoms with Crippen LogP contribution in [0.5, 0.6) is 0 Å². The third-order valence-corrected chi connectivity index (χ3v) is 5.40. The highest BCUT2D eigenvalue weighted by Gasteiger charge is 2.48. The Morgan fingerprint density at radius 1 is 1.47 bits per heavy atom. The van der Waals surface area contributed by atoms with Crippen molar-refractivity contribution in [3.8, 4) is 0 Å². The lowest BCUT2D eigenvalue weighted by Crippen LogP contribution is -2.48. The molecule has 0 aromatic rings. The zero-order valence-electron chi connectivity index (χ0n) is 9.33. The Balaban J connectivity index is 2.00. The largest absolute Gasteiger partial charge is 0.373 e. The highest BCUT2D eigenvalue weighted by atomic mass is 127. The van der Waals surface area contributed by atoms with Crippen molar-refractivity contribution < 1.29 is 9.53 Å². The molecule has 15 heavy (non-hydrogen) atoms. The van der Waals surface area contributed by atoms with Gasteiger partial charge >= 0.3 is 0 Å². The molecular weight excluding hydrogens is 305 g/mol. The number of nitrogens with zero attached hydrogens (tertiary/aromatic N) is 1. The molecule has 1 amide bonds. The van der Waals surface area contributed by atoms with Crippen LogP contribution < -0.4 is 0 Å². The standard InChI is InChI=1S/C11H18INO2/c1-8-10(12)7-15-11(8)3-5-13(6-4-11)9(2)14/h8,10H,3-7H2,1-2H3. The Hall–Kier alpha value is 0.160. The second kappa shape index (κ2) is 4.20. The summed E-state index contributed by atoms with van der Waals surface area (Å²) in [5.74, 6) is 0.814. The van der Waals surface area contributed by atoms with Crippen molar-refractivity contribution in [1.29, 1.82) is 0 Å². The number of carbonyl (C=O) groups excluding carboxylic acids is 1. The predicted octanol–water partition coefficient (Wildman–Crippen LogP) is 1.84. The first-order valence-corrected chi connectivity index (χ1v) is 6.83. The second-order valence-corrected chi connectivity index (χ2v) is 6.29. The molecule has 2 unspecified atom stereocenters. The maximum Gasteiger partial charge on any atom is 0.219 e. The van der Waals surface area contributed by atoms with Gasteiger partial charge in [-0.2, -0.15) is 0 Å². The van der Waals surface area contributed by atoms with Crippen molar-refractivity contribution in [2.45, 2.75) is 36.2 Å². The molecule has 0 aromatic heterocycles. The van der Waals surface area contributed by atoms with Gasteiger partial charge in [-0.15, -0.1) is 0 Å². The number of alkyl halides is 1. The first kappa shape index (κ1) is 11.6. The number of amides is 1. The minimum atomic E-state index is 0.0673.